The average Bonchev–Trinajstić information content (AvgIpc) is 1.60. The number of nitrogens with two attached hydrogens (primary N) is 1. The van der Waals surface area contributed by atoms with E-state index in [4.69, 9.17) is 5.73 Å². The summed E-state index contributed by atoms with van der Waals surface area (Å²) < 4.78 is 34.2. The van der Waals surface area contributed by atoms with Crippen molar-refractivity contribution in [1.29, 1.82) is 0 Å². The molecule has 10 heavy (non-hydrogen) atoms. The highest BCUT2D eigenvalue weighted by Gasteiger charge is 2.37. The molecule has 2 N–H and O–H groups in total. The first-order chi connectivity index (χ1) is 4.34. The molecular formula is C5H8F3NO. The topological polar surface area (TPSA) is 43.1 Å². The van der Waals surface area contributed by atoms with Gasteiger partial charge in [-0.2, -0.15) is 13.2 Å². The number of Topliss-reactive ketones (excluding diaryl/α,β-unsaturated/α-hetero) is 1. The van der Waals surface area contributed by atoms with Gasteiger partial charge in [-0.1, -0.05) is 0 Å². The smallest absolute Gasteiger partial charge is 0.328 e. The van der Waals surface area contributed by atoms with E-state index >= 15 is 0 Å². The van der Waals surface area contributed by atoms with Crippen molar-refractivity contribution in [1.82, 2.24) is 0 Å². The van der Waals surface area contributed by atoms with E-state index in [9.17, 15) is 18.0 Å². The quantitative estimate of drug-likeness (QED) is 0.642. The average molecular weight is 155 g/mol. The van der Waals surface area contributed by atoms with Crippen LogP contribution in [0, 0.1) is 0 Å². The monoisotopic (exact) mass is 155 g/mol. The molecule has 0 saturated heterocycles. The fourth-order valence-electron chi connectivity index (χ4n) is 0.408. The molecule has 0 bridgehead atoms. The Morgan fingerprint density at radius 1 is 1.60 bits per heavy atom. The van der Waals surface area contributed by atoms with E-state index in [1.165, 1.54) is 6.92 Å². The summed E-state index contributed by atoms with van der Waals surface area (Å²) in [5.74, 6) is -1.76. The van der Waals surface area contributed by atoms with Crippen LogP contribution in [0.1, 0.15) is 13.3 Å². The van der Waals surface area contributed by atoms with Gasteiger partial charge in [-0.05, 0) is 6.92 Å². The minimum absolute atomic E-state index is 0.635. The SMILES string of the molecule is C[C@@H](N)CC(=O)C(F)(F)F. The predicted molar refractivity (Wildman–Crippen MR) is 29.3 cm³/mol. The zero-order chi connectivity index (χ0) is 8.36. The molecule has 0 aliphatic heterocycles. The number of carbonyl (C=O) groups is 1. The van der Waals surface area contributed by atoms with Crippen molar-refractivity contribution in [3.63, 3.8) is 0 Å². The van der Waals surface area contributed by atoms with Crippen molar-refractivity contribution in [3.05, 3.63) is 0 Å². The molecule has 0 saturated carbocycles. The highest BCUT2D eigenvalue weighted by molar-refractivity contribution is 5.84. The predicted octanol–water partition coefficient (Wildman–Crippen LogP) is 0.855. The first-order valence-electron chi connectivity index (χ1n) is 2.69. The maximum atomic E-state index is 11.4. The van der Waals surface area contributed by atoms with E-state index in [1.54, 1.807) is 0 Å². The van der Waals surface area contributed by atoms with Gasteiger partial charge in [-0.3, -0.25) is 4.79 Å². The number of rotatable bonds is 2. The van der Waals surface area contributed by atoms with Gasteiger partial charge in [0.25, 0.3) is 0 Å². The van der Waals surface area contributed by atoms with Crippen LogP contribution in [0.2, 0.25) is 0 Å². The number of carbonyl (C=O) groups excluding carboxylic acids is 1. The van der Waals surface area contributed by atoms with Crippen LogP contribution < -0.4 is 5.73 Å². The van der Waals surface area contributed by atoms with Gasteiger partial charge in [0.2, 0.25) is 5.78 Å². The van der Waals surface area contributed by atoms with Crippen molar-refractivity contribution >= 4 is 5.78 Å². The van der Waals surface area contributed by atoms with E-state index in [1.807, 2.05) is 0 Å². The molecule has 5 heteroatoms. The Kier molecular flexibility index (Phi) is 2.83. The van der Waals surface area contributed by atoms with E-state index < -0.39 is 24.4 Å². The third kappa shape index (κ3) is 3.45. The molecule has 0 rings (SSSR count). The zero-order valence-corrected chi connectivity index (χ0v) is 5.40. The van der Waals surface area contributed by atoms with E-state index in [0.29, 0.717) is 0 Å². The van der Waals surface area contributed by atoms with Gasteiger partial charge in [0.15, 0.2) is 0 Å². The molecule has 0 fully saturated rings. The largest absolute Gasteiger partial charge is 0.450 e. The molecule has 1 atom stereocenters. The second-order valence-corrected chi connectivity index (χ2v) is 2.10. The Morgan fingerprint density at radius 2 is 2.00 bits per heavy atom. The molecule has 0 heterocycles. The van der Waals surface area contributed by atoms with Gasteiger partial charge in [-0.25, -0.2) is 0 Å². The second kappa shape index (κ2) is 3.01. The van der Waals surface area contributed by atoms with Crippen LogP contribution >= 0.6 is 0 Å². The van der Waals surface area contributed by atoms with Gasteiger partial charge in [0, 0.05) is 12.5 Å². The number of ketones is 1. The Morgan fingerprint density at radius 3 is 2.10 bits per heavy atom. The zero-order valence-electron chi connectivity index (χ0n) is 5.40. The van der Waals surface area contributed by atoms with Gasteiger partial charge in [0.05, 0.1) is 0 Å². The normalized spacial score (nSPS) is 14.9. The summed E-state index contributed by atoms with van der Waals surface area (Å²) in [4.78, 5) is 10.1. The molecule has 2 nitrogen and oxygen atoms in total. The minimum Gasteiger partial charge on any atom is -0.328 e. The maximum absolute atomic E-state index is 11.4. The molecule has 0 aromatic carbocycles. The van der Waals surface area contributed by atoms with E-state index in [0.717, 1.165) is 0 Å². The maximum Gasteiger partial charge on any atom is 0.450 e. The number of hydrogen-bond acceptors (Lipinski definition) is 2. The lowest BCUT2D eigenvalue weighted by Crippen LogP contribution is -2.29. The highest BCUT2D eigenvalue weighted by atomic mass is 19.4. The Bertz CT molecular complexity index is 129. The Labute approximate surface area is 56.2 Å². The lowest BCUT2D eigenvalue weighted by Gasteiger charge is -2.06. The first-order valence-corrected chi connectivity index (χ1v) is 2.69. The highest BCUT2D eigenvalue weighted by Crippen LogP contribution is 2.17. The van der Waals surface area contributed by atoms with Gasteiger partial charge < -0.3 is 5.73 Å². The van der Waals surface area contributed by atoms with Crippen LogP contribution in [0.4, 0.5) is 13.2 Å². The van der Waals surface area contributed by atoms with Crippen LogP contribution in [0.5, 0.6) is 0 Å². The summed E-state index contributed by atoms with van der Waals surface area (Å²) in [6, 6.07) is -0.728. The summed E-state index contributed by atoms with van der Waals surface area (Å²) in [5, 5.41) is 0. The van der Waals surface area contributed by atoms with Crippen LogP contribution in [0.15, 0.2) is 0 Å². The molecule has 0 spiro atoms. The van der Waals surface area contributed by atoms with Crippen molar-refractivity contribution < 1.29 is 18.0 Å². The number of hydrogen-bond donors (Lipinski definition) is 1. The molecular weight excluding hydrogens is 147 g/mol. The molecule has 0 aromatic heterocycles. The van der Waals surface area contributed by atoms with Crippen molar-refractivity contribution in [3.8, 4) is 0 Å². The molecule has 60 valence electrons. The summed E-state index contributed by atoms with van der Waals surface area (Å²) in [5.41, 5.74) is 4.97. The molecule has 0 aliphatic carbocycles. The molecule has 0 unspecified atom stereocenters. The molecule has 0 amide bonds. The standard InChI is InChI=1S/C5H8F3NO/c1-3(9)2-4(10)5(6,7)8/h3H,2,9H2,1H3/t3-/m1/s1. The van der Waals surface area contributed by atoms with Crippen molar-refractivity contribution in [2.24, 2.45) is 5.73 Å². The Balaban J connectivity index is 3.87. The third-order valence-corrected chi connectivity index (χ3v) is 0.824. The van der Waals surface area contributed by atoms with Crippen molar-refractivity contribution in [2.75, 3.05) is 0 Å². The van der Waals surface area contributed by atoms with Crippen LogP contribution in [-0.4, -0.2) is 18.0 Å². The molecule has 0 aliphatic rings. The fraction of sp³-hybridized carbons (Fsp3) is 0.800. The van der Waals surface area contributed by atoms with E-state index in [-0.39, 0.29) is 0 Å². The molecule has 0 aromatic rings. The van der Waals surface area contributed by atoms with Crippen LogP contribution in [-0.2, 0) is 4.79 Å². The third-order valence-electron chi connectivity index (χ3n) is 0.824. The lowest BCUT2D eigenvalue weighted by atomic mass is 10.2. The first kappa shape index (κ1) is 9.42. The van der Waals surface area contributed by atoms with Gasteiger partial charge in [0.1, 0.15) is 0 Å². The van der Waals surface area contributed by atoms with Crippen LogP contribution in [0.3, 0.4) is 0 Å². The lowest BCUT2D eigenvalue weighted by molar-refractivity contribution is -0.171. The van der Waals surface area contributed by atoms with Crippen molar-refractivity contribution in [2.45, 2.75) is 25.6 Å². The summed E-state index contributed by atoms with van der Waals surface area (Å²) in [6.07, 6.45) is -5.36. The fourth-order valence-corrected chi connectivity index (χ4v) is 0.408. The summed E-state index contributed by atoms with van der Waals surface area (Å²) in [7, 11) is 0. The summed E-state index contributed by atoms with van der Waals surface area (Å²) in [6.45, 7) is 1.35. The van der Waals surface area contributed by atoms with Crippen LogP contribution in [0.25, 0.3) is 0 Å². The van der Waals surface area contributed by atoms with E-state index in [2.05, 4.69) is 0 Å². The Hall–Kier alpha value is -0.580. The summed E-state index contributed by atoms with van der Waals surface area (Å²) >= 11 is 0. The second-order valence-electron chi connectivity index (χ2n) is 2.10. The van der Waals surface area contributed by atoms with Gasteiger partial charge in [-0.15, -0.1) is 0 Å². The molecule has 0 radical (unpaired) electrons. The number of alkyl halides is 3. The number of halogens is 3. The van der Waals surface area contributed by atoms with Gasteiger partial charge >= 0.3 is 6.18 Å². The minimum atomic E-state index is -4.73.